The molecular formula is C17H19N3O2S. The molecule has 2 aromatic rings. The Morgan fingerprint density at radius 2 is 2.17 bits per heavy atom. The van der Waals surface area contributed by atoms with Gasteiger partial charge in [-0.25, -0.2) is 4.98 Å². The van der Waals surface area contributed by atoms with Crippen LogP contribution in [0.5, 0.6) is 5.88 Å². The second kappa shape index (κ2) is 7.97. The van der Waals surface area contributed by atoms with E-state index in [-0.39, 0.29) is 12.0 Å². The van der Waals surface area contributed by atoms with E-state index in [1.54, 1.807) is 30.7 Å². The molecule has 6 heteroatoms. The molecule has 120 valence electrons. The molecule has 1 amide bonds. The van der Waals surface area contributed by atoms with E-state index in [4.69, 9.17) is 4.74 Å². The summed E-state index contributed by atoms with van der Waals surface area (Å²) in [6.07, 6.45) is 7.16. The van der Waals surface area contributed by atoms with E-state index < -0.39 is 0 Å². The molecule has 0 bridgehead atoms. The molecule has 5 nitrogen and oxygen atoms in total. The molecule has 0 spiro atoms. The van der Waals surface area contributed by atoms with E-state index in [1.165, 1.54) is 0 Å². The summed E-state index contributed by atoms with van der Waals surface area (Å²) in [5.74, 6) is 2.63. The van der Waals surface area contributed by atoms with Gasteiger partial charge in [0.2, 0.25) is 5.88 Å². The van der Waals surface area contributed by atoms with Crippen LogP contribution in [0.3, 0.4) is 0 Å². The van der Waals surface area contributed by atoms with Gasteiger partial charge in [0, 0.05) is 37.0 Å². The van der Waals surface area contributed by atoms with Gasteiger partial charge >= 0.3 is 0 Å². The van der Waals surface area contributed by atoms with E-state index in [0.29, 0.717) is 18.0 Å². The molecule has 1 N–H and O–H groups in total. The average Bonchev–Trinajstić information content (AvgIpc) is 3.09. The number of carbonyl (C=O) groups excluding carboxylic acids is 1. The standard InChI is InChI=1S/C17H19N3O2S/c21-17(19-9-5-13-3-7-18-8-4-13)14-1-2-16(20-11-14)22-15-6-10-23-12-15/h1-4,7-8,11,15H,5-6,9-10,12H2,(H,19,21)/t15-/m1/s1. The molecular weight excluding hydrogens is 310 g/mol. The maximum atomic E-state index is 12.1. The van der Waals surface area contributed by atoms with Crippen molar-refractivity contribution in [2.75, 3.05) is 18.1 Å². The van der Waals surface area contributed by atoms with Crippen LogP contribution in [0.4, 0.5) is 0 Å². The first-order chi connectivity index (χ1) is 11.3. The maximum Gasteiger partial charge on any atom is 0.252 e. The summed E-state index contributed by atoms with van der Waals surface area (Å²) in [6, 6.07) is 7.41. The van der Waals surface area contributed by atoms with Gasteiger partial charge in [-0.1, -0.05) is 0 Å². The molecule has 1 atom stereocenters. The third kappa shape index (κ3) is 4.69. The Bertz CT molecular complexity index is 628. The van der Waals surface area contributed by atoms with Crippen LogP contribution in [0.25, 0.3) is 0 Å². The fourth-order valence-electron chi connectivity index (χ4n) is 2.33. The van der Waals surface area contributed by atoms with E-state index in [0.717, 1.165) is 29.9 Å². The highest BCUT2D eigenvalue weighted by Crippen LogP contribution is 2.21. The second-order valence-electron chi connectivity index (χ2n) is 5.35. The molecule has 3 rings (SSSR count). The summed E-state index contributed by atoms with van der Waals surface area (Å²) < 4.78 is 5.78. The number of nitrogens with zero attached hydrogens (tertiary/aromatic N) is 2. The quantitative estimate of drug-likeness (QED) is 0.881. The van der Waals surface area contributed by atoms with Crippen molar-refractivity contribution in [1.29, 1.82) is 0 Å². The molecule has 0 aromatic carbocycles. The third-order valence-electron chi connectivity index (χ3n) is 3.62. The molecule has 3 heterocycles. The number of aromatic nitrogens is 2. The fourth-order valence-corrected chi connectivity index (χ4v) is 3.43. The number of nitrogens with one attached hydrogen (secondary N) is 1. The van der Waals surface area contributed by atoms with Crippen LogP contribution in [-0.4, -0.2) is 40.0 Å². The Morgan fingerprint density at radius 1 is 1.30 bits per heavy atom. The van der Waals surface area contributed by atoms with Crippen molar-refractivity contribution in [3.63, 3.8) is 0 Å². The highest BCUT2D eigenvalue weighted by atomic mass is 32.2. The van der Waals surface area contributed by atoms with Gasteiger partial charge in [-0.2, -0.15) is 11.8 Å². The van der Waals surface area contributed by atoms with E-state index in [1.807, 2.05) is 23.9 Å². The Hall–Kier alpha value is -2.08. The number of amides is 1. The van der Waals surface area contributed by atoms with Gasteiger partial charge < -0.3 is 10.1 Å². The minimum absolute atomic E-state index is 0.116. The summed E-state index contributed by atoms with van der Waals surface area (Å²) in [7, 11) is 0. The van der Waals surface area contributed by atoms with Crippen molar-refractivity contribution in [3.8, 4) is 5.88 Å². The lowest BCUT2D eigenvalue weighted by molar-refractivity contribution is 0.0953. The predicted molar refractivity (Wildman–Crippen MR) is 90.9 cm³/mol. The fraction of sp³-hybridized carbons (Fsp3) is 0.353. The summed E-state index contributed by atoms with van der Waals surface area (Å²) in [6.45, 7) is 0.584. The summed E-state index contributed by atoms with van der Waals surface area (Å²) >= 11 is 1.90. The number of thioether (sulfide) groups is 1. The first-order valence-electron chi connectivity index (χ1n) is 7.69. The van der Waals surface area contributed by atoms with Crippen molar-refractivity contribution in [3.05, 3.63) is 54.0 Å². The normalized spacial score (nSPS) is 17.0. The predicted octanol–water partition coefficient (Wildman–Crippen LogP) is 2.33. The molecule has 0 radical (unpaired) electrons. The Balaban J connectivity index is 1.47. The number of rotatable bonds is 6. The lowest BCUT2D eigenvalue weighted by atomic mass is 10.2. The van der Waals surface area contributed by atoms with Crippen LogP contribution in [0, 0.1) is 0 Å². The summed E-state index contributed by atoms with van der Waals surface area (Å²) in [5.41, 5.74) is 1.70. The van der Waals surface area contributed by atoms with Gasteiger partial charge in [-0.3, -0.25) is 9.78 Å². The van der Waals surface area contributed by atoms with Gasteiger partial charge in [0.15, 0.2) is 0 Å². The van der Waals surface area contributed by atoms with Crippen molar-refractivity contribution >= 4 is 17.7 Å². The minimum atomic E-state index is -0.116. The Morgan fingerprint density at radius 3 is 2.87 bits per heavy atom. The summed E-state index contributed by atoms with van der Waals surface area (Å²) in [5, 5.41) is 2.90. The lowest BCUT2D eigenvalue weighted by Crippen LogP contribution is -2.25. The first-order valence-corrected chi connectivity index (χ1v) is 8.84. The Labute approximate surface area is 139 Å². The van der Waals surface area contributed by atoms with Gasteiger partial charge in [0.1, 0.15) is 6.10 Å². The monoisotopic (exact) mass is 329 g/mol. The van der Waals surface area contributed by atoms with Crippen LogP contribution in [-0.2, 0) is 6.42 Å². The van der Waals surface area contributed by atoms with Crippen LogP contribution >= 0.6 is 11.8 Å². The SMILES string of the molecule is O=C(NCCc1ccncc1)c1ccc(O[C@@H]2CCSC2)nc1. The van der Waals surface area contributed by atoms with E-state index >= 15 is 0 Å². The van der Waals surface area contributed by atoms with Crippen molar-refractivity contribution in [2.45, 2.75) is 18.9 Å². The second-order valence-corrected chi connectivity index (χ2v) is 6.50. The molecule has 1 saturated heterocycles. The van der Waals surface area contributed by atoms with Crippen molar-refractivity contribution in [1.82, 2.24) is 15.3 Å². The number of pyridine rings is 2. The highest BCUT2D eigenvalue weighted by molar-refractivity contribution is 7.99. The van der Waals surface area contributed by atoms with E-state index in [2.05, 4.69) is 15.3 Å². The zero-order valence-electron chi connectivity index (χ0n) is 12.8. The van der Waals surface area contributed by atoms with Crippen LogP contribution in [0.2, 0.25) is 0 Å². The molecule has 2 aromatic heterocycles. The largest absolute Gasteiger partial charge is 0.473 e. The molecule has 23 heavy (non-hydrogen) atoms. The van der Waals surface area contributed by atoms with Crippen LogP contribution in [0.15, 0.2) is 42.9 Å². The average molecular weight is 329 g/mol. The number of hydrogen-bond acceptors (Lipinski definition) is 5. The first kappa shape index (κ1) is 15.8. The molecule has 1 aliphatic rings. The smallest absolute Gasteiger partial charge is 0.252 e. The number of hydrogen-bond donors (Lipinski definition) is 1. The molecule has 0 saturated carbocycles. The van der Waals surface area contributed by atoms with Crippen molar-refractivity contribution in [2.24, 2.45) is 0 Å². The zero-order valence-corrected chi connectivity index (χ0v) is 13.6. The third-order valence-corrected chi connectivity index (χ3v) is 4.75. The number of carbonyl (C=O) groups is 1. The van der Waals surface area contributed by atoms with Crippen molar-refractivity contribution < 1.29 is 9.53 Å². The number of ether oxygens (including phenoxy) is 1. The summed E-state index contributed by atoms with van der Waals surface area (Å²) in [4.78, 5) is 20.3. The molecule has 0 unspecified atom stereocenters. The molecule has 1 fully saturated rings. The van der Waals surface area contributed by atoms with Crippen LogP contribution < -0.4 is 10.1 Å². The Kier molecular flexibility index (Phi) is 5.47. The highest BCUT2D eigenvalue weighted by Gasteiger charge is 2.17. The lowest BCUT2D eigenvalue weighted by Gasteiger charge is -2.11. The van der Waals surface area contributed by atoms with Gasteiger partial charge in [-0.15, -0.1) is 0 Å². The van der Waals surface area contributed by atoms with E-state index in [9.17, 15) is 4.79 Å². The maximum absolute atomic E-state index is 12.1. The molecule has 0 aliphatic carbocycles. The van der Waals surface area contributed by atoms with Gasteiger partial charge in [0.25, 0.3) is 5.91 Å². The van der Waals surface area contributed by atoms with Gasteiger partial charge in [-0.05, 0) is 42.4 Å². The topological polar surface area (TPSA) is 64.1 Å². The van der Waals surface area contributed by atoms with Crippen LogP contribution in [0.1, 0.15) is 22.3 Å². The molecule has 1 aliphatic heterocycles. The van der Waals surface area contributed by atoms with Gasteiger partial charge in [0.05, 0.1) is 5.56 Å². The minimum Gasteiger partial charge on any atom is -0.473 e. The zero-order chi connectivity index (χ0) is 15.9.